The quantitative estimate of drug-likeness (QED) is 0.533. The summed E-state index contributed by atoms with van der Waals surface area (Å²) in [6, 6.07) is 1.53. The van der Waals surface area contributed by atoms with Crippen LogP contribution in [0.25, 0.3) is 5.69 Å². The molecule has 0 aliphatic rings. The first-order chi connectivity index (χ1) is 13.9. The number of aryl methyl sites for hydroxylation is 1. The molecular formula is C19H19BrF2N6O. The maximum absolute atomic E-state index is 14.5. The fraction of sp³-hybridized carbons (Fsp3) is 0.316. The smallest absolute Gasteiger partial charge is 0.256 e. The summed E-state index contributed by atoms with van der Waals surface area (Å²) >= 11 is 3.24. The zero-order chi connectivity index (χ0) is 21.0. The molecule has 0 spiro atoms. The van der Waals surface area contributed by atoms with E-state index in [-0.39, 0.29) is 17.3 Å². The van der Waals surface area contributed by atoms with Gasteiger partial charge in [-0.2, -0.15) is 10.2 Å². The van der Waals surface area contributed by atoms with E-state index >= 15 is 0 Å². The molecule has 1 aromatic carbocycles. The summed E-state index contributed by atoms with van der Waals surface area (Å²) in [7, 11) is 0. The first kappa shape index (κ1) is 21.0. The third-order valence-corrected chi connectivity index (χ3v) is 4.91. The third-order valence-electron chi connectivity index (χ3n) is 4.50. The molecule has 0 N–H and O–H groups in total. The maximum atomic E-state index is 14.5. The molecule has 2 heterocycles. The van der Waals surface area contributed by atoms with Crippen LogP contribution in [0.4, 0.5) is 8.78 Å². The minimum Gasteiger partial charge on any atom is -0.336 e. The van der Waals surface area contributed by atoms with Crippen molar-refractivity contribution in [1.29, 1.82) is 0 Å². The molecule has 10 heteroatoms. The number of nitrogens with zero attached hydrogens (tertiary/aromatic N) is 6. The third kappa shape index (κ3) is 4.81. The molecule has 0 aliphatic carbocycles. The van der Waals surface area contributed by atoms with Gasteiger partial charge in [0.2, 0.25) is 0 Å². The lowest BCUT2D eigenvalue weighted by molar-refractivity contribution is 0.0694. The van der Waals surface area contributed by atoms with E-state index in [4.69, 9.17) is 0 Å². The molecule has 0 radical (unpaired) electrons. The summed E-state index contributed by atoms with van der Waals surface area (Å²) < 4.78 is 29.0. The van der Waals surface area contributed by atoms with E-state index in [1.54, 1.807) is 17.3 Å². The standard InChI is InChI=1S/C19H19BrF2N6O/c1-3-27(12(2)4-5-14-10-24-17(20)11-23-14)19(29)15-8-13(21)9-16(22)18(15)28-25-6-7-26-28/h6-12H,3-5H2,1-2H3/t12-/m0/s1. The van der Waals surface area contributed by atoms with E-state index in [2.05, 4.69) is 36.1 Å². The van der Waals surface area contributed by atoms with Crippen LogP contribution in [-0.2, 0) is 6.42 Å². The van der Waals surface area contributed by atoms with Crippen LogP contribution in [0.15, 0.2) is 41.5 Å². The van der Waals surface area contributed by atoms with Crippen molar-refractivity contribution in [3.05, 3.63) is 64.4 Å². The molecule has 2 aromatic heterocycles. The Hall–Kier alpha value is -2.75. The van der Waals surface area contributed by atoms with Crippen molar-refractivity contribution < 1.29 is 13.6 Å². The van der Waals surface area contributed by atoms with Crippen LogP contribution in [-0.4, -0.2) is 48.4 Å². The van der Waals surface area contributed by atoms with Crippen molar-refractivity contribution >= 4 is 21.8 Å². The molecule has 0 saturated heterocycles. The van der Waals surface area contributed by atoms with Crippen molar-refractivity contribution in [2.75, 3.05) is 6.54 Å². The predicted octanol–water partition coefficient (Wildman–Crippen LogP) is 3.58. The molecule has 0 saturated carbocycles. The predicted molar refractivity (Wildman–Crippen MR) is 106 cm³/mol. The molecule has 0 bridgehead atoms. The minimum atomic E-state index is -0.904. The van der Waals surface area contributed by atoms with Gasteiger partial charge in [-0.25, -0.2) is 13.8 Å². The number of carbonyl (C=O) groups is 1. The SMILES string of the molecule is CCN(C(=O)c1cc(F)cc(F)c1-n1nccn1)[C@@H](C)CCc1cnc(Br)cn1. The van der Waals surface area contributed by atoms with Crippen molar-refractivity contribution in [2.45, 2.75) is 32.7 Å². The summed E-state index contributed by atoms with van der Waals surface area (Å²) in [6.07, 6.45) is 7.21. The van der Waals surface area contributed by atoms with Gasteiger partial charge in [0.1, 0.15) is 16.1 Å². The number of hydrogen-bond donors (Lipinski definition) is 0. The van der Waals surface area contributed by atoms with E-state index in [0.717, 1.165) is 16.6 Å². The average molecular weight is 465 g/mol. The zero-order valence-electron chi connectivity index (χ0n) is 15.9. The number of hydrogen-bond acceptors (Lipinski definition) is 5. The molecule has 0 aliphatic heterocycles. The molecule has 152 valence electrons. The van der Waals surface area contributed by atoms with Gasteiger partial charge in [-0.05, 0) is 48.7 Å². The van der Waals surface area contributed by atoms with E-state index in [9.17, 15) is 13.6 Å². The molecule has 1 amide bonds. The number of amides is 1. The zero-order valence-corrected chi connectivity index (χ0v) is 17.5. The van der Waals surface area contributed by atoms with Gasteiger partial charge in [0.25, 0.3) is 5.91 Å². The molecule has 3 aromatic rings. The molecule has 3 rings (SSSR count). The number of halogens is 3. The number of carbonyl (C=O) groups excluding carboxylic acids is 1. The lowest BCUT2D eigenvalue weighted by Crippen LogP contribution is -2.39. The van der Waals surface area contributed by atoms with Gasteiger partial charge >= 0.3 is 0 Å². The molecule has 29 heavy (non-hydrogen) atoms. The summed E-state index contributed by atoms with van der Waals surface area (Å²) in [5.41, 5.74) is 0.489. The Labute approximate surface area is 174 Å². The second kappa shape index (κ2) is 9.17. The number of benzene rings is 1. The van der Waals surface area contributed by atoms with E-state index in [1.807, 2.05) is 13.8 Å². The maximum Gasteiger partial charge on any atom is 0.256 e. The second-order valence-corrected chi connectivity index (χ2v) is 7.22. The van der Waals surface area contributed by atoms with Crippen LogP contribution in [0, 0.1) is 11.6 Å². The summed E-state index contributed by atoms with van der Waals surface area (Å²) in [5.74, 6) is -2.23. The topological polar surface area (TPSA) is 76.8 Å². The normalized spacial score (nSPS) is 12.0. The Morgan fingerprint density at radius 1 is 1.21 bits per heavy atom. The average Bonchev–Trinajstić information content (AvgIpc) is 3.21. The Morgan fingerprint density at radius 2 is 1.93 bits per heavy atom. The van der Waals surface area contributed by atoms with Crippen LogP contribution in [0.3, 0.4) is 0 Å². The first-order valence-corrected chi connectivity index (χ1v) is 9.83. The van der Waals surface area contributed by atoms with E-state index in [1.165, 1.54) is 12.4 Å². The lowest BCUT2D eigenvalue weighted by atomic mass is 10.1. The van der Waals surface area contributed by atoms with Crippen LogP contribution in [0.1, 0.15) is 36.3 Å². The first-order valence-electron chi connectivity index (χ1n) is 9.03. The molecular weight excluding hydrogens is 446 g/mol. The highest BCUT2D eigenvalue weighted by molar-refractivity contribution is 9.10. The molecule has 0 unspecified atom stereocenters. The fourth-order valence-electron chi connectivity index (χ4n) is 3.05. The molecule has 7 nitrogen and oxygen atoms in total. The lowest BCUT2D eigenvalue weighted by Gasteiger charge is -2.29. The minimum absolute atomic E-state index is 0.129. The van der Waals surface area contributed by atoms with Gasteiger partial charge < -0.3 is 4.90 Å². The Morgan fingerprint density at radius 3 is 2.55 bits per heavy atom. The van der Waals surface area contributed by atoms with Gasteiger partial charge in [0.05, 0.1) is 29.8 Å². The summed E-state index contributed by atoms with van der Waals surface area (Å²) in [4.78, 5) is 24.1. The molecule has 0 fully saturated rings. The summed E-state index contributed by atoms with van der Waals surface area (Å²) in [5, 5.41) is 7.77. The molecule has 1 atom stereocenters. The van der Waals surface area contributed by atoms with Gasteiger partial charge in [-0.15, -0.1) is 4.80 Å². The van der Waals surface area contributed by atoms with E-state index < -0.39 is 17.5 Å². The van der Waals surface area contributed by atoms with Crippen LogP contribution < -0.4 is 0 Å². The highest BCUT2D eigenvalue weighted by Gasteiger charge is 2.26. The highest BCUT2D eigenvalue weighted by atomic mass is 79.9. The summed E-state index contributed by atoms with van der Waals surface area (Å²) in [6.45, 7) is 4.07. The van der Waals surface area contributed by atoms with Crippen LogP contribution in [0.5, 0.6) is 0 Å². The van der Waals surface area contributed by atoms with Gasteiger partial charge in [0.15, 0.2) is 5.82 Å². The fourth-order valence-corrected chi connectivity index (χ4v) is 3.26. The number of aromatic nitrogens is 5. The van der Waals surface area contributed by atoms with Gasteiger partial charge in [0, 0.05) is 24.8 Å². The van der Waals surface area contributed by atoms with Gasteiger partial charge in [-0.3, -0.25) is 9.78 Å². The van der Waals surface area contributed by atoms with Crippen molar-refractivity contribution in [2.24, 2.45) is 0 Å². The van der Waals surface area contributed by atoms with Crippen molar-refractivity contribution in [3.63, 3.8) is 0 Å². The van der Waals surface area contributed by atoms with Crippen LogP contribution in [0.2, 0.25) is 0 Å². The van der Waals surface area contributed by atoms with Gasteiger partial charge in [-0.1, -0.05) is 0 Å². The monoisotopic (exact) mass is 464 g/mol. The highest BCUT2D eigenvalue weighted by Crippen LogP contribution is 2.22. The van der Waals surface area contributed by atoms with Crippen molar-refractivity contribution in [3.8, 4) is 5.69 Å². The van der Waals surface area contributed by atoms with Crippen molar-refractivity contribution in [1.82, 2.24) is 29.9 Å². The Kier molecular flexibility index (Phi) is 6.63. The Balaban J connectivity index is 1.84. The van der Waals surface area contributed by atoms with Crippen LogP contribution >= 0.6 is 15.9 Å². The largest absolute Gasteiger partial charge is 0.336 e. The van der Waals surface area contributed by atoms with E-state index in [0.29, 0.717) is 30.1 Å². The number of rotatable bonds is 7. The Bertz CT molecular complexity index is 981. The second-order valence-electron chi connectivity index (χ2n) is 6.41.